The molecule has 0 spiro atoms. The summed E-state index contributed by atoms with van der Waals surface area (Å²) in [7, 11) is -3.69. The predicted molar refractivity (Wildman–Crippen MR) is 103 cm³/mol. The molecule has 1 aromatic carbocycles. The van der Waals surface area contributed by atoms with Crippen LogP contribution in [0.15, 0.2) is 29.3 Å². The van der Waals surface area contributed by atoms with Gasteiger partial charge in [-0.3, -0.25) is 4.79 Å². The second kappa shape index (κ2) is 7.97. The highest BCUT2D eigenvalue weighted by atomic mass is 32.2. The molecular weight excluding hydrogens is 350 g/mol. The van der Waals surface area contributed by atoms with Crippen molar-refractivity contribution < 1.29 is 13.2 Å². The Morgan fingerprint density at radius 1 is 1.04 bits per heavy atom. The number of aromatic nitrogens is 1. The zero-order valence-electron chi connectivity index (χ0n) is 15.8. The molecular formula is C19H25N3O3S. The maximum absolute atomic E-state index is 12.7. The van der Waals surface area contributed by atoms with E-state index in [2.05, 4.69) is 15.0 Å². The number of rotatable bonds is 6. The van der Waals surface area contributed by atoms with Crippen molar-refractivity contribution in [2.24, 2.45) is 0 Å². The van der Waals surface area contributed by atoms with Crippen LogP contribution in [0.5, 0.6) is 0 Å². The van der Waals surface area contributed by atoms with Crippen LogP contribution in [0.4, 0.5) is 5.82 Å². The largest absolute Gasteiger partial charge is 0.311 e. The highest BCUT2D eigenvalue weighted by molar-refractivity contribution is 7.89. The minimum atomic E-state index is -3.69. The van der Waals surface area contributed by atoms with Crippen molar-refractivity contribution in [1.29, 1.82) is 0 Å². The molecule has 6 nitrogen and oxygen atoms in total. The zero-order valence-corrected chi connectivity index (χ0v) is 16.6. The maximum Gasteiger partial charge on any atom is 0.241 e. The van der Waals surface area contributed by atoms with Gasteiger partial charge in [0, 0.05) is 19.2 Å². The SMILES string of the molecule is Cc1ccnc(NC(=O)CCNS(=O)(=O)c2c(C)c(C)cc(C)c2C)c1. The van der Waals surface area contributed by atoms with Gasteiger partial charge in [-0.15, -0.1) is 0 Å². The standard InChI is InChI=1S/C19H25N3O3S/c1-12-6-8-20-17(10-12)22-18(23)7-9-21-26(24,25)19-15(4)13(2)11-14(3)16(19)5/h6,8,10-11,21H,7,9H2,1-5H3,(H,20,22,23). The number of hydrogen-bond acceptors (Lipinski definition) is 4. The van der Waals surface area contributed by atoms with E-state index in [1.54, 1.807) is 26.1 Å². The second-order valence-corrected chi connectivity index (χ2v) is 8.21. The van der Waals surface area contributed by atoms with Crippen molar-refractivity contribution in [2.75, 3.05) is 11.9 Å². The number of sulfonamides is 1. The Balaban J connectivity index is 2.04. The minimum Gasteiger partial charge on any atom is -0.311 e. The van der Waals surface area contributed by atoms with Crippen LogP contribution in [-0.2, 0) is 14.8 Å². The smallest absolute Gasteiger partial charge is 0.241 e. The van der Waals surface area contributed by atoms with Gasteiger partial charge in [0.1, 0.15) is 5.82 Å². The van der Waals surface area contributed by atoms with Gasteiger partial charge >= 0.3 is 0 Å². The molecule has 0 aliphatic rings. The summed E-state index contributed by atoms with van der Waals surface area (Å²) in [5.74, 6) is 0.165. The van der Waals surface area contributed by atoms with E-state index in [0.717, 1.165) is 27.8 Å². The third-order valence-electron chi connectivity index (χ3n) is 4.39. The molecule has 0 bridgehead atoms. The maximum atomic E-state index is 12.7. The third-order valence-corrected chi connectivity index (χ3v) is 6.13. The van der Waals surface area contributed by atoms with Gasteiger partial charge in [-0.05, 0) is 74.6 Å². The number of carbonyl (C=O) groups is 1. The molecule has 1 amide bonds. The quantitative estimate of drug-likeness (QED) is 0.812. The average Bonchev–Trinajstić information content (AvgIpc) is 2.52. The summed E-state index contributed by atoms with van der Waals surface area (Å²) in [6.07, 6.45) is 1.64. The fraction of sp³-hybridized carbons (Fsp3) is 0.368. The first-order chi connectivity index (χ1) is 12.1. The first-order valence-corrected chi connectivity index (χ1v) is 9.89. The van der Waals surface area contributed by atoms with Crippen LogP contribution in [0.3, 0.4) is 0 Å². The number of carbonyl (C=O) groups excluding carboxylic acids is 1. The molecule has 0 saturated heterocycles. The van der Waals surface area contributed by atoms with Crippen molar-refractivity contribution >= 4 is 21.7 Å². The van der Waals surface area contributed by atoms with E-state index in [9.17, 15) is 13.2 Å². The summed E-state index contributed by atoms with van der Waals surface area (Å²) in [6, 6.07) is 5.56. The lowest BCUT2D eigenvalue weighted by atomic mass is 10.0. The van der Waals surface area contributed by atoms with Gasteiger partial charge in [-0.2, -0.15) is 0 Å². The molecule has 1 heterocycles. The molecule has 7 heteroatoms. The van der Waals surface area contributed by atoms with Gasteiger partial charge in [-0.1, -0.05) is 6.07 Å². The second-order valence-electron chi connectivity index (χ2n) is 6.50. The molecule has 0 aliphatic carbocycles. The molecule has 1 aromatic heterocycles. The molecule has 2 rings (SSSR count). The fourth-order valence-electron chi connectivity index (χ4n) is 2.76. The number of pyridine rings is 1. The number of nitrogens with zero attached hydrogens (tertiary/aromatic N) is 1. The molecule has 0 aliphatic heterocycles. The van der Waals surface area contributed by atoms with Gasteiger partial charge < -0.3 is 5.32 Å². The van der Waals surface area contributed by atoms with Crippen LogP contribution in [0.1, 0.15) is 34.2 Å². The highest BCUT2D eigenvalue weighted by Gasteiger charge is 2.22. The number of nitrogens with one attached hydrogen (secondary N) is 2. The highest BCUT2D eigenvalue weighted by Crippen LogP contribution is 2.25. The van der Waals surface area contributed by atoms with Crippen molar-refractivity contribution in [2.45, 2.75) is 45.9 Å². The Hall–Kier alpha value is -2.25. The van der Waals surface area contributed by atoms with Crippen molar-refractivity contribution in [3.05, 3.63) is 52.2 Å². The van der Waals surface area contributed by atoms with Crippen molar-refractivity contribution in [1.82, 2.24) is 9.71 Å². The number of anilines is 1. The van der Waals surface area contributed by atoms with Gasteiger partial charge in [0.05, 0.1) is 4.90 Å². The predicted octanol–water partition coefficient (Wildman–Crippen LogP) is 2.93. The first kappa shape index (κ1) is 20.1. The van der Waals surface area contributed by atoms with E-state index in [1.165, 1.54) is 0 Å². The summed E-state index contributed by atoms with van der Waals surface area (Å²) in [5.41, 5.74) is 4.30. The lowest BCUT2D eigenvalue weighted by Crippen LogP contribution is -2.29. The number of hydrogen-bond donors (Lipinski definition) is 2. The number of amides is 1. The van der Waals surface area contributed by atoms with Crippen molar-refractivity contribution in [3.8, 4) is 0 Å². The van der Waals surface area contributed by atoms with Gasteiger partial charge in [0.2, 0.25) is 15.9 Å². The Kier molecular flexibility index (Phi) is 6.15. The van der Waals surface area contributed by atoms with Crippen LogP contribution < -0.4 is 10.0 Å². The Labute approximate surface area is 155 Å². The number of benzene rings is 1. The summed E-state index contributed by atoms with van der Waals surface area (Å²) in [5, 5.41) is 2.66. The Morgan fingerprint density at radius 2 is 1.65 bits per heavy atom. The van der Waals surface area contributed by atoms with E-state index in [1.807, 2.05) is 32.9 Å². The molecule has 2 N–H and O–H groups in total. The normalized spacial score (nSPS) is 11.4. The van der Waals surface area contributed by atoms with Crippen LogP contribution in [0.25, 0.3) is 0 Å². The lowest BCUT2D eigenvalue weighted by molar-refractivity contribution is -0.116. The van der Waals surface area contributed by atoms with E-state index in [4.69, 9.17) is 0 Å². The topological polar surface area (TPSA) is 88.2 Å². The lowest BCUT2D eigenvalue weighted by Gasteiger charge is -2.16. The van der Waals surface area contributed by atoms with Crippen LogP contribution in [-0.4, -0.2) is 25.9 Å². The molecule has 2 aromatic rings. The molecule has 0 radical (unpaired) electrons. The van der Waals surface area contributed by atoms with Gasteiger partial charge in [0.15, 0.2) is 0 Å². The minimum absolute atomic E-state index is 0.0197. The summed E-state index contributed by atoms with van der Waals surface area (Å²) in [4.78, 5) is 16.4. The van der Waals surface area contributed by atoms with Crippen LogP contribution in [0, 0.1) is 34.6 Å². The molecule has 0 fully saturated rings. The summed E-state index contributed by atoms with van der Waals surface area (Å²) < 4.78 is 27.9. The molecule has 0 unspecified atom stereocenters. The molecule has 0 saturated carbocycles. The van der Waals surface area contributed by atoms with E-state index >= 15 is 0 Å². The Morgan fingerprint density at radius 3 is 2.23 bits per heavy atom. The van der Waals surface area contributed by atoms with Crippen LogP contribution >= 0.6 is 0 Å². The van der Waals surface area contributed by atoms with E-state index in [-0.39, 0.29) is 18.9 Å². The van der Waals surface area contributed by atoms with E-state index < -0.39 is 10.0 Å². The van der Waals surface area contributed by atoms with Crippen molar-refractivity contribution in [3.63, 3.8) is 0 Å². The summed E-state index contributed by atoms with van der Waals surface area (Å²) >= 11 is 0. The van der Waals surface area contributed by atoms with Crippen LogP contribution in [0.2, 0.25) is 0 Å². The molecule has 0 atom stereocenters. The number of aryl methyl sites for hydroxylation is 3. The van der Waals surface area contributed by atoms with Gasteiger partial charge in [-0.25, -0.2) is 18.1 Å². The first-order valence-electron chi connectivity index (χ1n) is 8.41. The molecule has 26 heavy (non-hydrogen) atoms. The van der Waals surface area contributed by atoms with Gasteiger partial charge in [0.25, 0.3) is 0 Å². The summed E-state index contributed by atoms with van der Waals surface area (Å²) in [6.45, 7) is 9.30. The third kappa shape index (κ3) is 4.68. The zero-order chi connectivity index (χ0) is 19.5. The Bertz CT molecular complexity index is 911. The fourth-order valence-corrected chi connectivity index (χ4v) is 4.41. The van der Waals surface area contributed by atoms with E-state index in [0.29, 0.717) is 10.7 Å². The average molecular weight is 375 g/mol. The molecule has 140 valence electrons. The monoisotopic (exact) mass is 375 g/mol.